The van der Waals surface area contributed by atoms with E-state index in [1.807, 2.05) is 13.8 Å². The van der Waals surface area contributed by atoms with Gasteiger partial charge < -0.3 is 10.1 Å². The number of hydrogen-bond donors (Lipinski definition) is 0. The van der Waals surface area contributed by atoms with Crippen LogP contribution in [0.2, 0.25) is 0 Å². The Morgan fingerprint density at radius 3 is 2.62 bits per heavy atom. The zero-order valence-corrected chi connectivity index (χ0v) is 9.04. The maximum absolute atomic E-state index is 10.7. The molecule has 0 N–H and O–H groups in total. The first kappa shape index (κ1) is 10.2. The molecule has 0 aliphatic heterocycles. The smallest absolute Gasteiger partial charge is 0.346 e. The van der Waals surface area contributed by atoms with Gasteiger partial charge in [-0.2, -0.15) is 4.98 Å². The van der Waals surface area contributed by atoms with Gasteiger partial charge in [0.25, 0.3) is 4.73 Å². The summed E-state index contributed by atoms with van der Waals surface area (Å²) in [6.07, 6.45) is 0.571. The first-order valence-corrected chi connectivity index (χ1v) is 4.80. The van der Waals surface area contributed by atoms with E-state index in [1.54, 1.807) is 4.57 Å². The van der Waals surface area contributed by atoms with Gasteiger partial charge in [0.2, 0.25) is 0 Å². The van der Waals surface area contributed by atoms with Crippen molar-refractivity contribution in [3.8, 4) is 0 Å². The molecule has 0 amide bonds. The number of nitrogens with zero attached hydrogens (tertiary/aromatic N) is 3. The van der Waals surface area contributed by atoms with E-state index in [1.165, 1.54) is 0 Å². The van der Waals surface area contributed by atoms with E-state index in [-0.39, 0.29) is 10.7 Å². The van der Waals surface area contributed by atoms with Crippen LogP contribution in [-0.4, -0.2) is 14.5 Å². The minimum atomic E-state index is -0.389. The van der Waals surface area contributed by atoms with Crippen LogP contribution in [0.15, 0.2) is 4.73 Å². The molecule has 1 rings (SSSR count). The molecule has 6 heteroatoms. The Balaban J connectivity index is 3.32. The standard InChI is InChI=1S/C7H10BrN3O2/c1-3-5-6(11(12)13)10(4-2)7(8)9-5/h3-4H2,1-2H3. The van der Waals surface area contributed by atoms with Gasteiger partial charge in [0.05, 0.1) is 6.54 Å². The van der Waals surface area contributed by atoms with Crippen LogP contribution in [-0.2, 0) is 13.0 Å². The molecule has 72 valence electrons. The Labute approximate surface area is 84.1 Å². The molecular weight excluding hydrogens is 238 g/mol. The summed E-state index contributed by atoms with van der Waals surface area (Å²) >= 11 is 3.18. The number of halogens is 1. The summed E-state index contributed by atoms with van der Waals surface area (Å²) < 4.78 is 2.07. The summed E-state index contributed by atoms with van der Waals surface area (Å²) in [5.74, 6) is 0.0943. The van der Waals surface area contributed by atoms with Crippen LogP contribution >= 0.6 is 15.9 Å². The summed E-state index contributed by atoms with van der Waals surface area (Å²) in [6, 6.07) is 0. The molecule has 1 aromatic heterocycles. The summed E-state index contributed by atoms with van der Waals surface area (Å²) in [7, 11) is 0. The first-order valence-electron chi connectivity index (χ1n) is 4.01. The van der Waals surface area contributed by atoms with Crippen molar-refractivity contribution in [2.24, 2.45) is 0 Å². The Hall–Kier alpha value is -0.910. The normalized spacial score (nSPS) is 10.4. The van der Waals surface area contributed by atoms with Gasteiger partial charge in [-0.1, -0.05) is 6.92 Å². The minimum absolute atomic E-state index is 0.0943. The third-order valence-electron chi connectivity index (χ3n) is 1.79. The van der Waals surface area contributed by atoms with Gasteiger partial charge in [0, 0.05) is 15.9 Å². The molecule has 0 saturated heterocycles. The van der Waals surface area contributed by atoms with Crippen LogP contribution in [0.5, 0.6) is 0 Å². The largest absolute Gasteiger partial charge is 0.358 e. The number of hydrogen-bond acceptors (Lipinski definition) is 3. The van der Waals surface area contributed by atoms with Crippen LogP contribution in [0.3, 0.4) is 0 Å². The van der Waals surface area contributed by atoms with E-state index >= 15 is 0 Å². The van der Waals surface area contributed by atoms with Crippen molar-refractivity contribution in [3.63, 3.8) is 0 Å². The Kier molecular flexibility index (Phi) is 3.02. The zero-order valence-electron chi connectivity index (χ0n) is 7.45. The fourth-order valence-electron chi connectivity index (χ4n) is 1.19. The van der Waals surface area contributed by atoms with Gasteiger partial charge in [0.1, 0.15) is 5.69 Å². The monoisotopic (exact) mass is 247 g/mol. The second-order valence-corrected chi connectivity index (χ2v) is 3.22. The van der Waals surface area contributed by atoms with Crippen molar-refractivity contribution >= 4 is 21.7 Å². The van der Waals surface area contributed by atoms with Crippen molar-refractivity contribution in [2.45, 2.75) is 26.8 Å². The zero-order chi connectivity index (χ0) is 10.0. The van der Waals surface area contributed by atoms with Gasteiger partial charge in [-0.3, -0.25) is 0 Å². The van der Waals surface area contributed by atoms with Gasteiger partial charge in [-0.05, 0) is 18.3 Å². The lowest BCUT2D eigenvalue weighted by molar-refractivity contribution is -0.392. The van der Waals surface area contributed by atoms with E-state index in [9.17, 15) is 10.1 Å². The molecule has 0 aliphatic carbocycles. The molecule has 1 heterocycles. The average molecular weight is 248 g/mol. The highest BCUT2D eigenvalue weighted by Gasteiger charge is 2.23. The van der Waals surface area contributed by atoms with E-state index in [0.717, 1.165) is 0 Å². The molecule has 0 fully saturated rings. The fourth-order valence-corrected chi connectivity index (χ4v) is 1.82. The molecule has 0 spiro atoms. The number of rotatable bonds is 3. The molecule has 1 aromatic rings. The molecule has 0 saturated carbocycles. The molecule has 0 aromatic carbocycles. The molecule has 0 unspecified atom stereocenters. The summed E-state index contributed by atoms with van der Waals surface area (Å²) in [5, 5.41) is 10.7. The quantitative estimate of drug-likeness (QED) is 0.608. The SMILES string of the molecule is CCc1nc(Br)n(CC)c1[N+](=O)[O-]. The van der Waals surface area contributed by atoms with Crippen molar-refractivity contribution in [3.05, 3.63) is 20.5 Å². The Morgan fingerprint density at radius 2 is 2.23 bits per heavy atom. The topological polar surface area (TPSA) is 61.0 Å². The highest BCUT2D eigenvalue weighted by atomic mass is 79.9. The third kappa shape index (κ3) is 1.72. The average Bonchev–Trinajstić information content (AvgIpc) is 2.41. The molecule has 13 heavy (non-hydrogen) atoms. The van der Waals surface area contributed by atoms with E-state index in [4.69, 9.17) is 0 Å². The second-order valence-electron chi connectivity index (χ2n) is 2.51. The predicted octanol–water partition coefficient (Wildman–Crippen LogP) is 2.14. The summed E-state index contributed by atoms with van der Waals surface area (Å²) in [5.41, 5.74) is 0.527. The number of imidazole rings is 1. The molecule has 5 nitrogen and oxygen atoms in total. The molecule has 0 bridgehead atoms. The highest BCUT2D eigenvalue weighted by molar-refractivity contribution is 9.10. The van der Waals surface area contributed by atoms with E-state index in [0.29, 0.717) is 23.4 Å². The summed E-state index contributed by atoms with van der Waals surface area (Å²) in [6.45, 7) is 4.24. The third-order valence-corrected chi connectivity index (χ3v) is 2.39. The highest BCUT2D eigenvalue weighted by Crippen LogP contribution is 2.24. The fraction of sp³-hybridized carbons (Fsp3) is 0.571. The molecular formula is C7H10BrN3O2. The minimum Gasteiger partial charge on any atom is -0.358 e. The Bertz CT molecular complexity index is 335. The maximum Gasteiger partial charge on any atom is 0.346 e. The number of aryl methyl sites for hydroxylation is 1. The lowest BCUT2D eigenvalue weighted by atomic mass is 10.3. The lowest BCUT2D eigenvalue weighted by Gasteiger charge is -1.98. The van der Waals surface area contributed by atoms with Crippen molar-refractivity contribution < 1.29 is 4.92 Å². The van der Waals surface area contributed by atoms with Crippen LogP contribution in [0.4, 0.5) is 5.82 Å². The van der Waals surface area contributed by atoms with Gasteiger partial charge in [0.15, 0.2) is 0 Å². The molecule has 0 radical (unpaired) electrons. The van der Waals surface area contributed by atoms with Crippen molar-refractivity contribution in [1.82, 2.24) is 9.55 Å². The first-order chi connectivity index (χ1) is 6.11. The van der Waals surface area contributed by atoms with Crippen LogP contribution < -0.4 is 0 Å². The summed E-state index contributed by atoms with van der Waals surface area (Å²) in [4.78, 5) is 14.4. The molecule has 0 atom stereocenters. The molecule has 0 aliphatic rings. The lowest BCUT2D eigenvalue weighted by Crippen LogP contribution is -2.02. The van der Waals surface area contributed by atoms with Gasteiger partial charge >= 0.3 is 5.82 Å². The van der Waals surface area contributed by atoms with E-state index in [2.05, 4.69) is 20.9 Å². The van der Waals surface area contributed by atoms with Crippen molar-refractivity contribution in [2.75, 3.05) is 0 Å². The van der Waals surface area contributed by atoms with E-state index < -0.39 is 0 Å². The predicted molar refractivity (Wildman–Crippen MR) is 51.6 cm³/mol. The second kappa shape index (κ2) is 3.87. The number of nitro groups is 1. The van der Waals surface area contributed by atoms with Crippen LogP contribution in [0.25, 0.3) is 0 Å². The number of aromatic nitrogens is 2. The van der Waals surface area contributed by atoms with Crippen LogP contribution in [0, 0.1) is 10.1 Å². The van der Waals surface area contributed by atoms with Gasteiger partial charge in [-0.25, -0.2) is 4.57 Å². The maximum atomic E-state index is 10.7. The Morgan fingerprint density at radius 1 is 1.62 bits per heavy atom. The van der Waals surface area contributed by atoms with Crippen LogP contribution in [0.1, 0.15) is 19.5 Å². The van der Waals surface area contributed by atoms with Gasteiger partial charge in [-0.15, -0.1) is 0 Å². The van der Waals surface area contributed by atoms with Crippen molar-refractivity contribution in [1.29, 1.82) is 0 Å².